The number of phenolic OH excluding ortho intramolecular Hbond substituents is 1. The van der Waals surface area contributed by atoms with Gasteiger partial charge in [-0.05, 0) is 16.8 Å². The maximum atomic E-state index is 11.9. The maximum Gasteiger partial charge on any atom is 0.220 e. The Bertz CT molecular complexity index is 796. The topological polar surface area (TPSA) is 49.3 Å². The fourth-order valence-corrected chi connectivity index (χ4v) is 3.32. The van der Waals surface area contributed by atoms with Crippen LogP contribution in [0.3, 0.4) is 0 Å². The molecule has 1 heterocycles. The molecule has 0 spiro atoms. The summed E-state index contributed by atoms with van der Waals surface area (Å²) >= 11 is 1.57. The van der Waals surface area contributed by atoms with Crippen LogP contribution >= 0.6 is 11.3 Å². The summed E-state index contributed by atoms with van der Waals surface area (Å²) in [4.78, 5) is 12.9. The fraction of sp³-hybridized carbons (Fsp3) is 0.167. The van der Waals surface area contributed by atoms with Gasteiger partial charge in [-0.1, -0.05) is 49.4 Å². The second-order valence-electron chi connectivity index (χ2n) is 5.09. The van der Waals surface area contributed by atoms with E-state index in [1.807, 2.05) is 60.8 Å². The molecule has 0 radical (unpaired) electrons. The van der Waals surface area contributed by atoms with E-state index in [1.165, 1.54) is 0 Å². The average Bonchev–Trinajstić information content (AvgIpc) is 3.08. The van der Waals surface area contributed by atoms with Crippen molar-refractivity contribution < 1.29 is 9.90 Å². The third kappa shape index (κ3) is 2.70. The molecule has 0 aliphatic rings. The number of rotatable bonds is 4. The number of hydrogen-bond donors (Lipinski definition) is 2. The summed E-state index contributed by atoms with van der Waals surface area (Å²) in [5.74, 6) is 0.193. The molecule has 22 heavy (non-hydrogen) atoms. The van der Waals surface area contributed by atoms with E-state index in [0.717, 1.165) is 21.2 Å². The Morgan fingerprint density at radius 3 is 2.73 bits per heavy atom. The Labute approximate surface area is 133 Å². The molecule has 2 aromatic carbocycles. The van der Waals surface area contributed by atoms with Crippen LogP contribution in [-0.2, 0) is 4.79 Å². The van der Waals surface area contributed by atoms with E-state index in [4.69, 9.17) is 0 Å². The number of thiophene rings is 1. The minimum atomic E-state index is -0.322. The van der Waals surface area contributed by atoms with Gasteiger partial charge in [-0.25, -0.2) is 0 Å². The smallest absolute Gasteiger partial charge is 0.220 e. The largest absolute Gasteiger partial charge is 0.507 e. The quantitative estimate of drug-likeness (QED) is 0.758. The van der Waals surface area contributed by atoms with Crippen molar-refractivity contribution in [2.45, 2.75) is 19.4 Å². The number of benzene rings is 2. The van der Waals surface area contributed by atoms with Crippen LogP contribution in [0.15, 0.2) is 53.9 Å². The zero-order valence-corrected chi connectivity index (χ0v) is 13.1. The van der Waals surface area contributed by atoms with E-state index in [-0.39, 0.29) is 17.7 Å². The molecule has 112 valence electrons. The Kier molecular flexibility index (Phi) is 4.11. The Hall–Kier alpha value is -2.33. The van der Waals surface area contributed by atoms with E-state index in [1.54, 1.807) is 11.3 Å². The summed E-state index contributed by atoms with van der Waals surface area (Å²) in [5, 5.41) is 17.4. The summed E-state index contributed by atoms with van der Waals surface area (Å²) in [6.45, 7) is 1.82. The van der Waals surface area contributed by atoms with E-state index in [9.17, 15) is 9.90 Å². The lowest BCUT2D eigenvalue weighted by atomic mass is 9.99. The summed E-state index contributed by atoms with van der Waals surface area (Å²) in [6.07, 6.45) is 0.413. The van der Waals surface area contributed by atoms with E-state index in [2.05, 4.69) is 5.32 Å². The van der Waals surface area contributed by atoms with E-state index in [0.29, 0.717) is 6.42 Å². The van der Waals surface area contributed by atoms with Gasteiger partial charge in [0, 0.05) is 22.2 Å². The highest BCUT2D eigenvalue weighted by atomic mass is 32.1. The number of aromatic hydroxyl groups is 1. The number of phenols is 1. The van der Waals surface area contributed by atoms with Crippen molar-refractivity contribution in [1.82, 2.24) is 5.32 Å². The van der Waals surface area contributed by atoms with Crippen LogP contribution in [0.5, 0.6) is 5.75 Å². The first-order chi connectivity index (χ1) is 10.7. The third-order valence-corrected chi connectivity index (χ3v) is 4.63. The molecule has 4 heteroatoms. The minimum Gasteiger partial charge on any atom is -0.507 e. The molecule has 0 unspecified atom stereocenters. The second kappa shape index (κ2) is 6.20. The molecule has 0 aliphatic heterocycles. The zero-order valence-electron chi connectivity index (χ0n) is 12.2. The first-order valence-electron chi connectivity index (χ1n) is 7.24. The number of nitrogens with one attached hydrogen (secondary N) is 1. The highest BCUT2D eigenvalue weighted by Crippen LogP contribution is 2.36. The SMILES string of the molecule is CCC(=O)N[C@H](c1cccs1)c1ccc2ccccc2c1O. The van der Waals surface area contributed by atoms with Gasteiger partial charge in [0.05, 0.1) is 6.04 Å². The third-order valence-electron chi connectivity index (χ3n) is 3.70. The molecule has 3 aromatic rings. The molecule has 3 rings (SSSR count). The lowest BCUT2D eigenvalue weighted by molar-refractivity contribution is -0.121. The minimum absolute atomic E-state index is 0.0361. The molecule has 2 N–H and O–H groups in total. The molecule has 0 bridgehead atoms. The van der Waals surface area contributed by atoms with Crippen LogP contribution in [-0.4, -0.2) is 11.0 Å². The van der Waals surface area contributed by atoms with Crippen molar-refractivity contribution in [3.63, 3.8) is 0 Å². The van der Waals surface area contributed by atoms with Gasteiger partial charge in [0.2, 0.25) is 5.91 Å². The fourth-order valence-electron chi connectivity index (χ4n) is 2.53. The van der Waals surface area contributed by atoms with Gasteiger partial charge in [-0.2, -0.15) is 0 Å². The zero-order chi connectivity index (χ0) is 15.5. The monoisotopic (exact) mass is 311 g/mol. The maximum absolute atomic E-state index is 11.9. The standard InChI is InChI=1S/C18H17NO2S/c1-2-16(20)19-17(15-8-5-11-22-15)14-10-9-12-6-3-4-7-13(12)18(14)21/h3-11,17,21H,2H2,1H3,(H,19,20)/t17-/m0/s1. The molecule has 1 atom stereocenters. The van der Waals surface area contributed by atoms with Gasteiger partial charge < -0.3 is 10.4 Å². The lowest BCUT2D eigenvalue weighted by Gasteiger charge is -2.20. The van der Waals surface area contributed by atoms with Crippen LogP contribution in [0.1, 0.15) is 29.8 Å². The molecular formula is C18H17NO2S. The molecule has 1 aromatic heterocycles. The molecule has 0 fully saturated rings. The summed E-state index contributed by atoms with van der Waals surface area (Å²) in [5.41, 5.74) is 0.725. The highest BCUT2D eigenvalue weighted by molar-refractivity contribution is 7.10. The van der Waals surface area contributed by atoms with E-state index >= 15 is 0 Å². The number of hydrogen-bond acceptors (Lipinski definition) is 3. The number of fused-ring (bicyclic) bond motifs is 1. The number of carbonyl (C=O) groups excluding carboxylic acids is 1. The van der Waals surface area contributed by atoms with E-state index < -0.39 is 0 Å². The molecule has 0 aliphatic carbocycles. The van der Waals surface area contributed by atoms with Gasteiger partial charge in [0.15, 0.2) is 0 Å². The van der Waals surface area contributed by atoms with Crippen LogP contribution in [0.4, 0.5) is 0 Å². The lowest BCUT2D eigenvalue weighted by Crippen LogP contribution is -2.28. The Morgan fingerprint density at radius 2 is 2.00 bits per heavy atom. The van der Waals surface area contributed by atoms with Gasteiger partial charge >= 0.3 is 0 Å². The van der Waals surface area contributed by atoms with Crippen molar-refractivity contribution in [3.8, 4) is 5.75 Å². The highest BCUT2D eigenvalue weighted by Gasteiger charge is 2.21. The number of amides is 1. The van der Waals surface area contributed by atoms with Crippen molar-refractivity contribution in [1.29, 1.82) is 0 Å². The van der Waals surface area contributed by atoms with Crippen LogP contribution < -0.4 is 5.32 Å². The molecule has 3 nitrogen and oxygen atoms in total. The molecule has 0 saturated carbocycles. The summed E-state index contributed by atoms with van der Waals surface area (Å²) < 4.78 is 0. The van der Waals surface area contributed by atoms with Crippen molar-refractivity contribution in [2.75, 3.05) is 0 Å². The van der Waals surface area contributed by atoms with Gasteiger partial charge in [-0.3, -0.25) is 4.79 Å². The summed E-state index contributed by atoms with van der Waals surface area (Å²) in [6, 6.07) is 15.2. The van der Waals surface area contributed by atoms with Crippen LogP contribution in [0.2, 0.25) is 0 Å². The first kappa shape index (κ1) is 14.6. The molecular weight excluding hydrogens is 294 g/mol. The Balaban J connectivity index is 2.11. The normalized spacial score (nSPS) is 12.2. The van der Waals surface area contributed by atoms with Crippen molar-refractivity contribution >= 4 is 28.0 Å². The van der Waals surface area contributed by atoms with Crippen LogP contribution in [0, 0.1) is 0 Å². The summed E-state index contributed by atoms with van der Waals surface area (Å²) in [7, 11) is 0. The van der Waals surface area contributed by atoms with Gasteiger partial charge in [0.1, 0.15) is 5.75 Å². The van der Waals surface area contributed by atoms with Gasteiger partial charge in [0.25, 0.3) is 0 Å². The van der Waals surface area contributed by atoms with Crippen LogP contribution in [0.25, 0.3) is 10.8 Å². The predicted molar refractivity (Wildman–Crippen MR) is 90.2 cm³/mol. The average molecular weight is 311 g/mol. The second-order valence-corrected chi connectivity index (χ2v) is 6.07. The van der Waals surface area contributed by atoms with Gasteiger partial charge in [-0.15, -0.1) is 11.3 Å². The first-order valence-corrected chi connectivity index (χ1v) is 8.12. The molecule has 1 amide bonds. The molecule has 0 saturated heterocycles. The number of carbonyl (C=O) groups is 1. The predicted octanol–water partition coefficient (Wildman–Crippen LogP) is 4.22. The van der Waals surface area contributed by atoms with Crippen molar-refractivity contribution in [2.24, 2.45) is 0 Å². The van der Waals surface area contributed by atoms with Crippen molar-refractivity contribution in [3.05, 3.63) is 64.4 Å². The Morgan fingerprint density at radius 1 is 1.18 bits per heavy atom.